The van der Waals surface area contributed by atoms with Crippen LogP contribution in [-0.2, 0) is 0 Å². The summed E-state index contributed by atoms with van der Waals surface area (Å²) in [7, 11) is 0. The minimum Gasteiger partial charge on any atom is -0.330 e. The Bertz CT molecular complexity index is 595. The van der Waals surface area contributed by atoms with Crippen molar-refractivity contribution in [3.63, 3.8) is 0 Å². The van der Waals surface area contributed by atoms with Crippen LogP contribution in [0.1, 0.15) is 31.1 Å². The molecule has 5 nitrogen and oxygen atoms in total. The summed E-state index contributed by atoms with van der Waals surface area (Å²) in [6.07, 6.45) is 1.59. The van der Waals surface area contributed by atoms with E-state index >= 15 is 0 Å². The number of nitro groups is 1. The SMILES string of the molecule is C=CCN(C(=O)c1cc(Cl)c(Cl)c([N+](=O)[O-])c1)C(C)(C)C. The minimum atomic E-state index is -0.667. The molecule has 0 heterocycles. The number of rotatable bonds is 4. The monoisotopic (exact) mass is 330 g/mol. The van der Waals surface area contributed by atoms with Crippen LogP contribution in [0.25, 0.3) is 0 Å². The summed E-state index contributed by atoms with van der Waals surface area (Å²) in [6, 6.07) is 2.47. The Morgan fingerprint density at radius 2 is 2.00 bits per heavy atom. The lowest BCUT2D eigenvalue weighted by atomic mass is 10.0. The number of nitrogens with zero attached hydrogens (tertiary/aromatic N) is 2. The van der Waals surface area contributed by atoms with Crippen molar-refractivity contribution in [3.05, 3.63) is 50.5 Å². The zero-order valence-corrected chi connectivity index (χ0v) is 13.5. The Balaban J connectivity index is 3.35. The summed E-state index contributed by atoms with van der Waals surface area (Å²) in [5, 5.41) is 10.8. The Hall–Kier alpha value is -1.59. The smallest absolute Gasteiger partial charge is 0.290 e. The molecule has 0 aromatic heterocycles. The van der Waals surface area contributed by atoms with Crippen molar-refractivity contribution in [2.45, 2.75) is 26.3 Å². The number of carbonyl (C=O) groups excluding carboxylic acids is 1. The zero-order chi connectivity index (χ0) is 16.4. The maximum atomic E-state index is 12.6. The van der Waals surface area contributed by atoms with Crippen LogP contribution >= 0.6 is 23.2 Å². The molecule has 0 saturated heterocycles. The Morgan fingerprint density at radius 1 is 1.43 bits per heavy atom. The number of nitro benzene ring substituents is 1. The highest BCUT2D eigenvalue weighted by Gasteiger charge is 2.28. The summed E-state index contributed by atoms with van der Waals surface area (Å²) in [6.45, 7) is 9.52. The Kier molecular flexibility index (Phi) is 5.36. The molecule has 0 saturated carbocycles. The van der Waals surface area contributed by atoms with E-state index in [9.17, 15) is 14.9 Å². The van der Waals surface area contributed by atoms with Gasteiger partial charge in [0, 0.05) is 23.7 Å². The van der Waals surface area contributed by atoms with E-state index in [2.05, 4.69) is 6.58 Å². The van der Waals surface area contributed by atoms with Crippen LogP contribution in [0.5, 0.6) is 0 Å². The van der Waals surface area contributed by atoms with Gasteiger partial charge in [0.2, 0.25) is 0 Å². The minimum absolute atomic E-state index is 0.0262. The van der Waals surface area contributed by atoms with Crippen LogP contribution in [-0.4, -0.2) is 27.8 Å². The van der Waals surface area contributed by atoms with Gasteiger partial charge in [0.25, 0.3) is 11.6 Å². The lowest BCUT2D eigenvalue weighted by Crippen LogP contribution is -2.45. The van der Waals surface area contributed by atoms with Gasteiger partial charge in [-0.2, -0.15) is 0 Å². The second-order valence-electron chi connectivity index (χ2n) is 5.42. The largest absolute Gasteiger partial charge is 0.330 e. The molecule has 0 unspecified atom stereocenters. The normalized spacial score (nSPS) is 11.1. The third kappa shape index (κ3) is 3.95. The van der Waals surface area contributed by atoms with E-state index in [0.29, 0.717) is 6.54 Å². The van der Waals surface area contributed by atoms with Crippen molar-refractivity contribution < 1.29 is 9.72 Å². The number of benzene rings is 1. The highest BCUT2D eigenvalue weighted by atomic mass is 35.5. The fraction of sp³-hybridized carbons (Fsp3) is 0.357. The van der Waals surface area contributed by atoms with E-state index in [0.717, 1.165) is 6.07 Å². The van der Waals surface area contributed by atoms with Crippen LogP contribution in [0, 0.1) is 10.1 Å². The summed E-state index contributed by atoms with van der Waals surface area (Å²) in [5.41, 5.74) is -0.737. The summed E-state index contributed by atoms with van der Waals surface area (Å²) in [5.74, 6) is -0.371. The third-order valence-corrected chi connectivity index (χ3v) is 3.61. The molecule has 0 bridgehead atoms. The lowest BCUT2D eigenvalue weighted by molar-refractivity contribution is -0.384. The Labute approximate surface area is 133 Å². The molecule has 21 heavy (non-hydrogen) atoms. The molecular formula is C14H16Cl2N2O3. The van der Waals surface area contributed by atoms with Gasteiger partial charge in [-0.25, -0.2) is 0 Å². The van der Waals surface area contributed by atoms with Crippen molar-refractivity contribution >= 4 is 34.8 Å². The lowest BCUT2D eigenvalue weighted by Gasteiger charge is -2.35. The predicted molar refractivity (Wildman–Crippen MR) is 84.1 cm³/mol. The first-order valence-electron chi connectivity index (χ1n) is 6.16. The molecule has 0 fully saturated rings. The third-order valence-electron chi connectivity index (χ3n) is 2.82. The molecule has 114 valence electrons. The van der Waals surface area contributed by atoms with E-state index < -0.39 is 10.5 Å². The molecule has 0 atom stereocenters. The Morgan fingerprint density at radius 3 is 2.43 bits per heavy atom. The number of amides is 1. The highest BCUT2D eigenvalue weighted by molar-refractivity contribution is 6.43. The van der Waals surface area contributed by atoms with Gasteiger partial charge < -0.3 is 4.90 Å². The van der Waals surface area contributed by atoms with Gasteiger partial charge in [-0.15, -0.1) is 6.58 Å². The number of hydrogen-bond donors (Lipinski definition) is 0. The van der Waals surface area contributed by atoms with Crippen molar-refractivity contribution in [2.75, 3.05) is 6.54 Å². The maximum absolute atomic E-state index is 12.6. The van der Waals surface area contributed by atoms with Crippen molar-refractivity contribution in [3.8, 4) is 0 Å². The topological polar surface area (TPSA) is 63.5 Å². The molecule has 0 N–H and O–H groups in total. The molecule has 0 aliphatic heterocycles. The molecule has 0 aliphatic rings. The average molecular weight is 331 g/mol. The molecule has 1 aromatic carbocycles. The van der Waals surface area contributed by atoms with Gasteiger partial charge in [0.15, 0.2) is 0 Å². The second kappa shape index (κ2) is 6.45. The number of halogens is 2. The van der Waals surface area contributed by atoms with E-state index in [1.54, 1.807) is 11.0 Å². The van der Waals surface area contributed by atoms with E-state index in [4.69, 9.17) is 23.2 Å². The van der Waals surface area contributed by atoms with Gasteiger partial charge in [-0.05, 0) is 26.8 Å². The second-order valence-corrected chi connectivity index (χ2v) is 6.21. The summed E-state index contributed by atoms with van der Waals surface area (Å²) >= 11 is 11.7. The van der Waals surface area contributed by atoms with Gasteiger partial charge in [0.05, 0.1) is 9.95 Å². The van der Waals surface area contributed by atoms with E-state index in [1.165, 1.54) is 6.07 Å². The quantitative estimate of drug-likeness (QED) is 0.469. The van der Waals surface area contributed by atoms with Crippen molar-refractivity contribution in [1.82, 2.24) is 4.90 Å². The molecule has 0 radical (unpaired) electrons. The summed E-state index contributed by atoms with van der Waals surface area (Å²) < 4.78 is 0. The number of hydrogen-bond acceptors (Lipinski definition) is 3. The van der Waals surface area contributed by atoms with Gasteiger partial charge >= 0.3 is 0 Å². The summed E-state index contributed by atoms with van der Waals surface area (Å²) in [4.78, 5) is 24.4. The first-order valence-corrected chi connectivity index (χ1v) is 6.91. The predicted octanol–water partition coefficient (Wildman–Crippen LogP) is 4.33. The van der Waals surface area contributed by atoms with Gasteiger partial charge in [-0.1, -0.05) is 29.3 Å². The molecule has 0 aliphatic carbocycles. The fourth-order valence-corrected chi connectivity index (χ4v) is 2.17. The molecular weight excluding hydrogens is 315 g/mol. The molecule has 0 spiro atoms. The van der Waals surface area contributed by atoms with E-state index in [-0.39, 0.29) is 27.2 Å². The van der Waals surface area contributed by atoms with Crippen molar-refractivity contribution in [1.29, 1.82) is 0 Å². The van der Waals surface area contributed by atoms with Crippen LogP contribution in [0.4, 0.5) is 5.69 Å². The van der Waals surface area contributed by atoms with Gasteiger partial charge in [0.1, 0.15) is 5.02 Å². The molecule has 7 heteroatoms. The molecule has 1 rings (SSSR count). The van der Waals surface area contributed by atoms with E-state index in [1.807, 2.05) is 20.8 Å². The maximum Gasteiger partial charge on any atom is 0.290 e. The van der Waals surface area contributed by atoms with Crippen LogP contribution in [0.3, 0.4) is 0 Å². The van der Waals surface area contributed by atoms with Crippen LogP contribution in [0.2, 0.25) is 10.0 Å². The highest BCUT2D eigenvalue weighted by Crippen LogP contribution is 2.34. The van der Waals surface area contributed by atoms with Crippen LogP contribution in [0.15, 0.2) is 24.8 Å². The standard InChI is InChI=1S/C14H16Cl2N2O3/c1-5-6-17(14(2,3)4)13(19)9-7-10(15)12(16)11(8-9)18(20)21/h5,7-8H,1,6H2,2-4H3. The van der Waals surface area contributed by atoms with Gasteiger partial charge in [-0.3, -0.25) is 14.9 Å². The fourth-order valence-electron chi connectivity index (χ4n) is 1.78. The number of carbonyl (C=O) groups is 1. The molecule has 1 aromatic rings. The van der Waals surface area contributed by atoms with Crippen molar-refractivity contribution in [2.24, 2.45) is 0 Å². The first kappa shape index (κ1) is 17.5. The molecule has 1 amide bonds. The van der Waals surface area contributed by atoms with Crippen LogP contribution < -0.4 is 0 Å². The average Bonchev–Trinajstić information content (AvgIpc) is 2.36. The first-order chi connectivity index (χ1) is 9.59. The zero-order valence-electron chi connectivity index (χ0n) is 12.0.